The van der Waals surface area contributed by atoms with E-state index in [9.17, 15) is 9.90 Å². The van der Waals surface area contributed by atoms with Crippen LogP contribution in [0.1, 0.15) is 39.6 Å². The average molecular weight is 467 g/mol. The molecule has 0 aliphatic carbocycles. The van der Waals surface area contributed by atoms with Crippen molar-refractivity contribution in [2.24, 2.45) is 0 Å². The van der Waals surface area contributed by atoms with Crippen molar-refractivity contribution in [1.29, 1.82) is 0 Å². The summed E-state index contributed by atoms with van der Waals surface area (Å²) in [6.45, 7) is 4.53. The molecule has 35 heavy (non-hydrogen) atoms. The van der Waals surface area contributed by atoms with Gasteiger partial charge in [0.2, 0.25) is 12.7 Å². The maximum absolute atomic E-state index is 13.6. The van der Waals surface area contributed by atoms with Gasteiger partial charge in [0, 0.05) is 29.2 Å². The lowest BCUT2D eigenvalue weighted by molar-refractivity contribution is -0.128. The summed E-state index contributed by atoms with van der Waals surface area (Å²) in [5, 5.41) is 11.3. The topological polar surface area (TPSA) is 74.8 Å². The van der Waals surface area contributed by atoms with E-state index < -0.39 is 0 Å². The van der Waals surface area contributed by atoms with Gasteiger partial charge in [-0.15, -0.1) is 0 Å². The molecule has 0 saturated heterocycles. The minimum absolute atomic E-state index is 0.0691. The quantitative estimate of drug-likeness (QED) is 0.396. The predicted molar refractivity (Wildman–Crippen MR) is 135 cm³/mol. The zero-order chi connectivity index (χ0) is 24.1. The summed E-state index contributed by atoms with van der Waals surface area (Å²) in [6, 6.07) is 17.7. The molecule has 1 amide bonds. The van der Waals surface area contributed by atoms with Crippen molar-refractivity contribution in [3.63, 3.8) is 0 Å². The Bertz CT molecular complexity index is 1480. The molecule has 0 spiro atoms. The number of carbonyl (C=O) groups excluding carboxylic acids is 1. The number of aromatic nitrogens is 1. The number of hydrogen-bond donors (Lipinski definition) is 2. The Kier molecular flexibility index (Phi) is 5.02. The number of para-hydroxylation sites is 1. The molecule has 6 rings (SSSR count). The van der Waals surface area contributed by atoms with E-state index in [2.05, 4.69) is 17.1 Å². The van der Waals surface area contributed by atoms with Crippen molar-refractivity contribution >= 4 is 22.9 Å². The molecule has 3 aromatic carbocycles. The highest BCUT2D eigenvalue weighted by Gasteiger charge is 2.34. The molecule has 6 heteroatoms. The van der Waals surface area contributed by atoms with E-state index in [1.165, 1.54) is 10.9 Å². The summed E-state index contributed by atoms with van der Waals surface area (Å²) in [6.07, 6.45) is 4.22. The van der Waals surface area contributed by atoms with Crippen molar-refractivity contribution in [2.45, 2.75) is 26.3 Å². The standard InChI is InChI=1S/C29H26N2O4/c1-17-13-19(14-18(2)29(17)33)7-10-26(32)31-12-11-22-21-5-3-4-6-23(21)30-27(22)28(31)20-8-9-24-25(15-20)35-16-34-24/h3-10,13-15,28,30,33H,11-12,16H2,1-2H3. The van der Waals surface area contributed by atoms with Crippen LogP contribution in [-0.2, 0) is 11.2 Å². The molecule has 3 heterocycles. The molecule has 1 unspecified atom stereocenters. The van der Waals surface area contributed by atoms with Gasteiger partial charge >= 0.3 is 0 Å². The minimum Gasteiger partial charge on any atom is -0.507 e. The number of ether oxygens (including phenoxy) is 2. The summed E-state index contributed by atoms with van der Waals surface area (Å²) < 4.78 is 11.1. The van der Waals surface area contributed by atoms with E-state index in [0.717, 1.165) is 45.6 Å². The molecule has 0 saturated carbocycles. The fraction of sp³-hybridized carbons (Fsp3) is 0.207. The number of phenols is 1. The molecule has 1 atom stereocenters. The van der Waals surface area contributed by atoms with E-state index in [4.69, 9.17) is 9.47 Å². The Morgan fingerprint density at radius 1 is 1.06 bits per heavy atom. The van der Waals surface area contributed by atoms with Gasteiger partial charge in [-0.25, -0.2) is 0 Å². The smallest absolute Gasteiger partial charge is 0.247 e. The zero-order valence-electron chi connectivity index (χ0n) is 19.7. The summed E-state index contributed by atoms with van der Waals surface area (Å²) in [7, 11) is 0. The normalized spacial score (nSPS) is 16.7. The molecule has 0 radical (unpaired) electrons. The van der Waals surface area contributed by atoms with Crippen LogP contribution in [0.15, 0.2) is 60.7 Å². The zero-order valence-corrected chi connectivity index (χ0v) is 19.7. The van der Waals surface area contributed by atoms with Crippen LogP contribution in [-0.4, -0.2) is 34.2 Å². The number of rotatable bonds is 3. The summed E-state index contributed by atoms with van der Waals surface area (Å²) in [5.74, 6) is 1.64. The number of carbonyl (C=O) groups is 1. The van der Waals surface area contributed by atoms with Crippen molar-refractivity contribution in [3.8, 4) is 17.2 Å². The molecule has 4 aromatic rings. The predicted octanol–water partition coefficient (Wildman–Crippen LogP) is 5.41. The number of benzene rings is 3. The highest BCUT2D eigenvalue weighted by atomic mass is 16.7. The van der Waals surface area contributed by atoms with Gasteiger partial charge in [-0.2, -0.15) is 0 Å². The van der Waals surface area contributed by atoms with Crippen molar-refractivity contribution in [1.82, 2.24) is 9.88 Å². The fourth-order valence-electron chi connectivity index (χ4n) is 5.26. The third-order valence-corrected chi connectivity index (χ3v) is 6.96. The lowest BCUT2D eigenvalue weighted by atomic mass is 9.92. The van der Waals surface area contributed by atoms with Crippen LogP contribution in [0, 0.1) is 13.8 Å². The maximum Gasteiger partial charge on any atom is 0.247 e. The molecule has 2 aliphatic heterocycles. The maximum atomic E-state index is 13.6. The first kappa shape index (κ1) is 21.4. The monoisotopic (exact) mass is 466 g/mol. The molecule has 2 N–H and O–H groups in total. The van der Waals surface area contributed by atoms with Gasteiger partial charge in [-0.1, -0.05) is 24.3 Å². The number of aromatic amines is 1. The largest absolute Gasteiger partial charge is 0.507 e. The number of phenolic OH excluding ortho intramolecular Hbond substituents is 1. The first-order chi connectivity index (χ1) is 17.0. The second-order valence-electron chi connectivity index (χ2n) is 9.20. The summed E-state index contributed by atoms with van der Waals surface area (Å²) >= 11 is 0. The van der Waals surface area contributed by atoms with Gasteiger partial charge in [0.25, 0.3) is 0 Å². The molecular formula is C29H26N2O4. The summed E-state index contributed by atoms with van der Waals surface area (Å²) in [5.41, 5.74) is 6.79. The lowest BCUT2D eigenvalue weighted by Gasteiger charge is -2.35. The first-order valence-electron chi connectivity index (χ1n) is 11.8. The number of H-pyrrole nitrogens is 1. The van der Waals surface area contributed by atoms with Gasteiger partial charge in [-0.3, -0.25) is 4.79 Å². The molecule has 2 aliphatic rings. The van der Waals surface area contributed by atoms with E-state index in [0.29, 0.717) is 18.0 Å². The number of aromatic hydroxyl groups is 1. The molecule has 176 valence electrons. The number of nitrogens with one attached hydrogen (secondary N) is 1. The molecule has 6 nitrogen and oxygen atoms in total. The third kappa shape index (κ3) is 3.62. The first-order valence-corrected chi connectivity index (χ1v) is 11.8. The Labute approximate surface area is 203 Å². The Morgan fingerprint density at radius 3 is 2.66 bits per heavy atom. The van der Waals surface area contributed by atoms with Gasteiger partial charge in [-0.05, 0) is 84.5 Å². The van der Waals surface area contributed by atoms with Crippen LogP contribution in [0.5, 0.6) is 17.2 Å². The Morgan fingerprint density at radius 2 is 1.83 bits per heavy atom. The Hall–Kier alpha value is -4.19. The van der Waals surface area contributed by atoms with Crippen LogP contribution >= 0.6 is 0 Å². The second-order valence-corrected chi connectivity index (χ2v) is 9.20. The van der Waals surface area contributed by atoms with Crippen molar-refractivity contribution in [3.05, 3.63) is 94.2 Å². The second kappa shape index (κ2) is 8.24. The average Bonchev–Trinajstić information content (AvgIpc) is 3.49. The van der Waals surface area contributed by atoms with E-state index in [1.807, 2.05) is 67.3 Å². The van der Waals surface area contributed by atoms with Crippen LogP contribution < -0.4 is 9.47 Å². The fourth-order valence-corrected chi connectivity index (χ4v) is 5.26. The molecule has 0 fully saturated rings. The van der Waals surface area contributed by atoms with Gasteiger partial charge < -0.3 is 24.5 Å². The van der Waals surface area contributed by atoms with Gasteiger partial charge in [0.15, 0.2) is 11.5 Å². The van der Waals surface area contributed by atoms with Crippen LogP contribution in [0.3, 0.4) is 0 Å². The van der Waals surface area contributed by atoms with Crippen LogP contribution in [0.4, 0.5) is 0 Å². The highest BCUT2D eigenvalue weighted by Crippen LogP contribution is 2.42. The van der Waals surface area contributed by atoms with Crippen molar-refractivity contribution in [2.75, 3.05) is 13.3 Å². The number of amides is 1. The number of hydrogen-bond acceptors (Lipinski definition) is 4. The third-order valence-electron chi connectivity index (χ3n) is 6.96. The van der Waals surface area contributed by atoms with E-state index in [-0.39, 0.29) is 18.7 Å². The van der Waals surface area contributed by atoms with Crippen molar-refractivity contribution < 1.29 is 19.4 Å². The number of fused-ring (bicyclic) bond motifs is 4. The number of aryl methyl sites for hydroxylation is 2. The van der Waals surface area contributed by atoms with Crippen LogP contribution in [0.25, 0.3) is 17.0 Å². The number of nitrogens with zero attached hydrogens (tertiary/aromatic N) is 1. The van der Waals surface area contributed by atoms with E-state index >= 15 is 0 Å². The molecule has 0 bridgehead atoms. The molecule has 1 aromatic heterocycles. The summed E-state index contributed by atoms with van der Waals surface area (Å²) in [4.78, 5) is 19.1. The van der Waals surface area contributed by atoms with Gasteiger partial charge in [0.1, 0.15) is 5.75 Å². The van der Waals surface area contributed by atoms with Crippen LogP contribution in [0.2, 0.25) is 0 Å². The van der Waals surface area contributed by atoms with E-state index in [1.54, 1.807) is 6.08 Å². The Balaban J connectivity index is 1.41. The van der Waals surface area contributed by atoms with Gasteiger partial charge in [0.05, 0.1) is 6.04 Å². The highest BCUT2D eigenvalue weighted by molar-refractivity contribution is 5.93. The minimum atomic E-state index is -0.277. The lowest BCUT2D eigenvalue weighted by Crippen LogP contribution is -2.39. The SMILES string of the molecule is Cc1cc(C=CC(=O)N2CCc3c([nH]c4ccccc34)C2c2ccc3c(c2)OCO3)cc(C)c1O. The molecular weight excluding hydrogens is 440 g/mol.